The summed E-state index contributed by atoms with van der Waals surface area (Å²) in [6, 6.07) is 2.57. The summed E-state index contributed by atoms with van der Waals surface area (Å²) in [5, 5.41) is 3.76. The van der Waals surface area contributed by atoms with Crippen LogP contribution in [-0.2, 0) is 0 Å². The fourth-order valence-electron chi connectivity index (χ4n) is 4.85. The summed E-state index contributed by atoms with van der Waals surface area (Å²) in [5.41, 5.74) is 0. The van der Waals surface area contributed by atoms with Gasteiger partial charge in [-0.3, -0.25) is 4.90 Å². The molecule has 4 atom stereocenters. The van der Waals surface area contributed by atoms with E-state index in [-0.39, 0.29) is 0 Å². The van der Waals surface area contributed by atoms with E-state index in [2.05, 4.69) is 24.1 Å². The zero-order valence-electron chi connectivity index (χ0n) is 12.9. The van der Waals surface area contributed by atoms with Gasteiger partial charge in [0.05, 0.1) is 0 Å². The van der Waals surface area contributed by atoms with E-state index < -0.39 is 0 Å². The minimum Gasteiger partial charge on any atom is -0.312 e. The minimum atomic E-state index is 0.807. The molecule has 3 rings (SSSR count). The number of hydrogen-bond donors (Lipinski definition) is 1. The standard InChI is InChI=1S/C17H32N2/c1-13(2)14-6-3-7-15(12-14)19-11-5-9-17(19)16-8-4-10-18-16/h13-18H,3-12H2,1-2H3. The Hall–Kier alpha value is -0.0800. The highest BCUT2D eigenvalue weighted by molar-refractivity contribution is 4.96. The topological polar surface area (TPSA) is 15.3 Å². The Balaban J connectivity index is 1.63. The highest BCUT2D eigenvalue weighted by Crippen LogP contribution is 2.36. The Morgan fingerprint density at radius 1 is 1.00 bits per heavy atom. The van der Waals surface area contributed by atoms with E-state index in [4.69, 9.17) is 0 Å². The van der Waals surface area contributed by atoms with Gasteiger partial charge in [0, 0.05) is 18.1 Å². The van der Waals surface area contributed by atoms with Crippen LogP contribution in [0.1, 0.15) is 65.2 Å². The van der Waals surface area contributed by atoms with Crippen LogP contribution >= 0.6 is 0 Å². The molecule has 4 unspecified atom stereocenters. The van der Waals surface area contributed by atoms with Crippen LogP contribution in [0.15, 0.2) is 0 Å². The lowest BCUT2D eigenvalue weighted by Gasteiger charge is -2.41. The molecule has 2 aliphatic heterocycles. The molecule has 0 bridgehead atoms. The van der Waals surface area contributed by atoms with Crippen LogP contribution in [-0.4, -0.2) is 36.1 Å². The molecule has 3 fully saturated rings. The van der Waals surface area contributed by atoms with Gasteiger partial charge in [0.2, 0.25) is 0 Å². The lowest BCUT2D eigenvalue weighted by atomic mass is 9.78. The molecule has 0 aromatic carbocycles. The third kappa shape index (κ3) is 3.00. The Labute approximate surface area is 119 Å². The third-order valence-corrected chi connectivity index (χ3v) is 6.00. The first kappa shape index (κ1) is 13.9. The average Bonchev–Trinajstić information content (AvgIpc) is 3.09. The monoisotopic (exact) mass is 264 g/mol. The first-order chi connectivity index (χ1) is 9.25. The SMILES string of the molecule is CC(C)C1CCCC(N2CCCC2C2CCCN2)C1. The molecule has 0 amide bonds. The van der Waals surface area contributed by atoms with E-state index in [9.17, 15) is 0 Å². The van der Waals surface area contributed by atoms with E-state index >= 15 is 0 Å². The lowest BCUT2D eigenvalue weighted by molar-refractivity contribution is 0.0897. The molecular formula is C17H32N2. The minimum absolute atomic E-state index is 0.807. The molecule has 2 heteroatoms. The van der Waals surface area contributed by atoms with Gasteiger partial charge in [-0.15, -0.1) is 0 Å². The fraction of sp³-hybridized carbons (Fsp3) is 1.00. The van der Waals surface area contributed by atoms with Crippen molar-refractivity contribution in [2.75, 3.05) is 13.1 Å². The van der Waals surface area contributed by atoms with Gasteiger partial charge >= 0.3 is 0 Å². The first-order valence-corrected chi connectivity index (χ1v) is 8.75. The molecule has 2 saturated heterocycles. The van der Waals surface area contributed by atoms with Crippen molar-refractivity contribution in [2.45, 2.75) is 83.3 Å². The Kier molecular flexibility index (Phi) is 4.48. The van der Waals surface area contributed by atoms with Gasteiger partial charge in [-0.25, -0.2) is 0 Å². The maximum absolute atomic E-state index is 3.76. The van der Waals surface area contributed by atoms with Gasteiger partial charge in [0.1, 0.15) is 0 Å². The lowest BCUT2D eigenvalue weighted by Crippen LogP contribution is -2.49. The molecule has 1 N–H and O–H groups in total. The van der Waals surface area contributed by atoms with E-state index in [0.29, 0.717) is 0 Å². The summed E-state index contributed by atoms with van der Waals surface area (Å²) >= 11 is 0. The molecule has 1 aliphatic carbocycles. The van der Waals surface area contributed by atoms with Crippen LogP contribution in [0.25, 0.3) is 0 Å². The van der Waals surface area contributed by atoms with E-state index in [1.54, 1.807) is 0 Å². The molecule has 0 spiro atoms. The van der Waals surface area contributed by atoms with Gasteiger partial charge in [0.25, 0.3) is 0 Å². The van der Waals surface area contributed by atoms with Crippen molar-refractivity contribution in [3.05, 3.63) is 0 Å². The molecule has 2 heterocycles. The summed E-state index contributed by atoms with van der Waals surface area (Å²) in [6.45, 7) is 7.48. The predicted octanol–water partition coefficient (Wildman–Crippen LogP) is 3.42. The zero-order chi connectivity index (χ0) is 13.2. The molecule has 19 heavy (non-hydrogen) atoms. The van der Waals surface area contributed by atoms with Crippen molar-refractivity contribution in [1.29, 1.82) is 0 Å². The average molecular weight is 264 g/mol. The fourth-order valence-corrected chi connectivity index (χ4v) is 4.85. The summed E-state index contributed by atoms with van der Waals surface area (Å²) in [5.74, 6) is 1.87. The number of hydrogen-bond acceptors (Lipinski definition) is 2. The zero-order valence-corrected chi connectivity index (χ0v) is 12.9. The summed E-state index contributed by atoms with van der Waals surface area (Å²) in [6.07, 6.45) is 11.6. The molecule has 0 aromatic heterocycles. The van der Waals surface area contributed by atoms with Gasteiger partial charge in [-0.2, -0.15) is 0 Å². The Morgan fingerprint density at radius 3 is 2.63 bits per heavy atom. The number of rotatable bonds is 3. The van der Waals surface area contributed by atoms with Crippen molar-refractivity contribution >= 4 is 0 Å². The van der Waals surface area contributed by atoms with E-state index in [1.807, 2.05) is 0 Å². The maximum atomic E-state index is 3.76. The summed E-state index contributed by atoms with van der Waals surface area (Å²) in [7, 11) is 0. The molecular weight excluding hydrogens is 232 g/mol. The molecule has 0 aromatic rings. The van der Waals surface area contributed by atoms with Gasteiger partial charge < -0.3 is 5.32 Å². The highest BCUT2D eigenvalue weighted by Gasteiger charge is 2.38. The summed E-state index contributed by atoms with van der Waals surface area (Å²) < 4.78 is 0. The molecule has 3 aliphatic rings. The normalized spacial score (nSPS) is 41.2. The largest absolute Gasteiger partial charge is 0.312 e. The second kappa shape index (κ2) is 6.13. The smallest absolute Gasteiger partial charge is 0.0252 e. The van der Waals surface area contributed by atoms with Crippen molar-refractivity contribution in [2.24, 2.45) is 11.8 Å². The predicted molar refractivity (Wildman–Crippen MR) is 81.3 cm³/mol. The van der Waals surface area contributed by atoms with Crippen molar-refractivity contribution in [1.82, 2.24) is 10.2 Å². The van der Waals surface area contributed by atoms with Crippen LogP contribution in [0.5, 0.6) is 0 Å². The van der Waals surface area contributed by atoms with Gasteiger partial charge in [-0.05, 0) is 63.5 Å². The Morgan fingerprint density at radius 2 is 1.89 bits per heavy atom. The molecule has 1 saturated carbocycles. The van der Waals surface area contributed by atoms with Crippen LogP contribution in [0.4, 0.5) is 0 Å². The Bertz CT molecular complexity index is 283. The van der Waals surface area contributed by atoms with E-state index in [0.717, 1.165) is 30.0 Å². The number of nitrogens with one attached hydrogen (secondary N) is 1. The number of likely N-dealkylation sites (tertiary alicyclic amines) is 1. The van der Waals surface area contributed by atoms with Crippen LogP contribution in [0, 0.1) is 11.8 Å². The van der Waals surface area contributed by atoms with Crippen LogP contribution in [0.3, 0.4) is 0 Å². The highest BCUT2D eigenvalue weighted by atomic mass is 15.2. The second-order valence-corrected chi connectivity index (χ2v) is 7.47. The molecule has 0 radical (unpaired) electrons. The van der Waals surface area contributed by atoms with Crippen molar-refractivity contribution < 1.29 is 0 Å². The van der Waals surface area contributed by atoms with Crippen molar-refractivity contribution in [3.8, 4) is 0 Å². The van der Waals surface area contributed by atoms with Gasteiger partial charge in [-0.1, -0.05) is 26.7 Å². The third-order valence-electron chi connectivity index (χ3n) is 6.00. The van der Waals surface area contributed by atoms with Crippen molar-refractivity contribution in [3.63, 3.8) is 0 Å². The van der Waals surface area contributed by atoms with Crippen LogP contribution in [0.2, 0.25) is 0 Å². The molecule has 2 nitrogen and oxygen atoms in total. The summed E-state index contributed by atoms with van der Waals surface area (Å²) in [4.78, 5) is 2.91. The van der Waals surface area contributed by atoms with Gasteiger partial charge in [0.15, 0.2) is 0 Å². The quantitative estimate of drug-likeness (QED) is 0.840. The number of nitrogens with zero attached hydrogens (tertiary/aromatic N) is 1. The first-order valence-electron chi connectivity index (χ1n) is 8.75. The van der Waals surface area contributed by atoms with Crippen LogP contribution < -0.4 is 5.32 Å². The van der Waals surface area contributed by atoms with E-state index in [1.165, 1.54) is 64.5 Å². The second-order valence-electron chi connectivity index (χ2n) is 7.47. The maximum Gasteiger partial charge on any atom is 0.0252 e. The molecule has 110 valence electrons.